The highest BCUT2D eigenvalue weighted by Crippen LogP contribution is 2.43. The molecule has 0 heterocycles. The van der Waals surface area contributed by atoms with E-state index in [0.717, 1.165) is 0 Å². The Bertz CT molecular complexity index is 1610. The Kier molecular flexibility index (Phi) is 45.9. The summed E-state index contributed by atoms with van der Waals surface area (Å²) in [5.74, 6) is 0. The normalized spacial score (nSPS) is 11.4. The Balaban J connectivity index is 0.00000489. The first-order chi connectivity index (χ1) is 37.8. The summed E-state index contributed by atoms with van der Waals surface area (Å²) in [5.41, 5.74) is 10.2. The molecular weight excluding hydrogens is 957 g/mol. The SMILES string of the molecule is CCCCCCCCCc1cc(CCCCCCCCC)c([S+](c2ccccc2)c2c(CCCCCCCCC)cc(CCCCCCCCC)cc2CCCCCCCCC)c(CCCCCCCCC)c1.O=C([O-])O. The standard InChI is InChI=1S/C72H123S.CH2O3/c1-7-13-19-25-31-37-44-52-64-60-66(54-46-39-33-27-21-15-9-3)71(67(61-64)55-47-40-34-28-22-16-10-4)73(70-58-50-43-51-59-70)72-68(56-48-41-35-29-23-17-11-5)62-65(53-45-38-32-26-20-14-8-2)63-69(72)57-49-42-36-30-24-18-12-6;2-1(3)4/h43,50-51,58-63H,7-42,44-49,52-57H2,1-6H3;(H2,2,3,4)/q+1;/p-1. The van der Waals surface area contributed by atoms with Gasteiger partial charge < -0.3 is 15.0 Å². The molecule has 3 aromatic carbocycles. The van der Waals surface area contributed by atoms with Gasteiger partial charge in [-0.25, -0.2) is 0 Å². The van der Waals surface area contributed by atoms with E-state index < -0.39 is 6.16 Å². The van der Waals surface area contributed by atoms with Crippen LogP contribution in [0, 0.1) is 0 Å². The number of hydrogen-bond acceptors (Lipinski definition) is 2. The first-order valence-corrected chi connectivity index (χ1v) is 35.1. The van der Waals surface area contributed by atoms with Gasteiger partial charge >= 0.3 is 0 Å². The lowest BCUT2D eigenvalue weighted by atomic mass is 9.94. The minimum absolute atomic E-state index is 0.148. The van der Waals surface area contributed by atoms with E-state index >= 15 is 0 Å². The summed E-state index contributed by atoms with van der Waals surface area (Å²) in [6.07, 6.45) is 63.4. The molecule has 440 valence electrons. The first-order valence-electron chi connectivity index (χ1n) is 33.8. The number of hydrogen-bond donors (Lipinski definition) is 1. The van der Waals surface area contributed by atoms with Gasteiger partial charge in [-0.1, -0.05) is 315 Å². The predicted molar refractivity (Wildman–Crippen MR) is 340 cm³/mol. The Labute approximate surface area is 481 Å². The largest absolute Gasteiger partial charge is 0.565 e. The van der Waals surface area contributed by atoms with Crippen LogP contribution in [0.1, 0.15) is 345 Å². The van der Waals surface area contributed by atoms with Crippen LogP contribution in [0.3, 0.4) is 0 Å². The van der Waals surface area contributed by atoms with Crippen molar-refractivity contribution in [3.63, 3.8) is 0 Å². The van der Waals surface area contributed by atoms with Gasteiger partial charge in [0.05, 0.1) is 0 Å². The fourth-order valence-corrected chi connectivity index (χ4v) is 14.6. The van der Waals surface area contributed by atoms with Crippen LogP contribution in [0.2, 0.25) is 0 Å². The zero-order valence-corrected chi connectivity index (χ0v) is 52.6. The zero-order chi connectivity index (χ0) is 55.7. The number of carboxylic acid groups (broad SMARTS) is 2. The molecule has 0 aromatic heterocycles. The monoisotopic (exact) mass is 1080 g/mol. The fourth-order valence-electron chi connectivity index (χ4n) is 11.8. The Morgan fingerprint density at radius 3 is 0.740 bits per heavy atom. The molecule has 0 saturated heterocycles. The highest BCUT2D eigenvalue weighted by molar-refractivity contribution is 7.97. The van der Waals surface area contributed by atoms with Crippen molar-refractivity contribution in [1.29, 1.82) is 0 Å². The molecule has 0 fully saturated rings. The molecule has 4 heteroatoms. The highest BCUT2D eigenvalue weighted by atomic mass is 32.2. The molecule has 0 aliphatic carbocycles. The van der Waals surface area contributed by atoms with Crippen LogP contribution in [0.15, 0.2) is 69.3 Å². The zero-order valence-electron chi connectivity index (χ0n) is 51.8. The minimum Gasteiger partial charge on any atom is -0.565 e. The van der Waals surface area contributed by atoms with Crippen molar-refractivity contribution in [3.8, 4) is 0 Å². The summed E-state index contributed by atoms with van der Waals surface area (Å²) in [6, 6.07) is 23.4. The molecule has 0 unspecified atom stereocenters. The second-order valence-corrected chi connectivity index (χ2v) is 25.5. The lowest BCUT2D eigenvalue weighted by Gasteiger charge is -2.23. The van der Waals surface area contributed by atoms with Crippen molar-refractivity contribution in [2.75, 3.05) is 0 Å². The number of unbranched alkanes of at least 4 members (excludes halogenated alkanes) is 36. The van der Waals surface area contributed by atoms with E-state index in [1.165, 1.54) is 308 Å². The molecule has 0 amide bonds. The second kappa shape index (κ2) is 50.3. The van der Waals surface area contributed by atoms with Crippen LogP contribution >= 0.6 is 0 Å². The summed E-state index contributed by atoms with van der Waals surface area (Å²) in [5, 5.41) is 15.3. The molecule has 3 aromatic rings. The van der Waals surface area contributed by atoms with Crippen molar-refractivity contribution in [1.82, 2.24) is 0 Å². The third-order valence-corrected chi connectivity index (χ3v) is 18.9. The van der Waals surface area contributed by atoms with E-state index in [-0.39, 0.29) is 10.9 Å². The van der Waals surface area contributed by atoms with Crippen molar-refractivity contribution < 1.29 is 15.0 Å². The van der Waals surface area contributed by atoms with Gasteiger partial charge in [-0.3, -0.25) is 0 Å². The Morgan fingerprint density at radius 1 is 0.325 bits per heavy atom. The summed E-state index contributed by atoms with van der Waals surface area (Å²) in [4.78, 5) is 13.6. The average Bonchev–Trinajstić information content (AvgIpc) is 3.42. The molecule has 3 nitrogen and oxygen atoms in total. The average molecular weight is 1080 g/mol. The van der Waals surface area contributed by atoms with Gasteiger partial charge in [0.1, 0.15) is 10.9 Å². The number of benzene rings is 3. The van der Waals surface area contributed by atoms with Crippen LogP contribution in [0.4, 0.5) is 4.79 Å². The van der Waals surface area contributed by atoms with Gasteiger partial charge in [0.25, 0.3) is 0 Å². The molecule has 1 N–H and O–H groups in total. The molecule has 0 radical (unpaired) electrons. The number of carbonyl (C=O) groups is 1. The van der Waals surface area contributed by atoms with Gasteiger partial charge in [0.2, 0.25) is 6.16 Å². The van der Waals surface area contributed by atoms with Crippen molar-refractivity contribution in [3.05, 3.63) is 88.0 Å². The van der Waals surface area contributed by atoms with Crippen LogP contribution < -0.4 is 5.11 Å². The second-order valence-electron chi connectivity index (χ2n) is 23.6. The quantitative estimate of drug-likeness (QED) is 0.0453. The number of aryl methyl sites for hydroxylation is 6. The molecule has 0 saturated carbocycles. The molecule has 0 bridgehead atoms. The van der Waals surface area contributed by atoms with Gasteiger partial charge in [-0.15, -0.1) is 0 Å². The lowest BCUT2D eigenvalue weighted by molar-refractivity contribution is -0.275. The van der Waals surface area contributed by atoms with Crippen LogP contribution in [-0.4, -0.2) is 11.3 Å². The molecule has 0 atom stereocenters. The molecule has 77 heavy (non-hydrogen) atoms. The van der Waals surface area contributed by atoms with E-state index in [0.29, 0.717) is 0 Å². The van der Waals surface area contributed by atoms with E-state index in [1.54, 1.807) is 48.1 Å². The topological polar surface area (TPSA) is 60.4 Å². The summed E-state index contributed by atoms with van der Waals surface area (Å²) >= 11 is 0. The smallest absolute Gasteiger partial charge is 0.249 e. The molecule has 0 spiro atoms. The molecule has 0 aliphatic heterocycles. The maximum atomic E-state index is 8.44. The van der Waals surface area contributed by atoms with E-state index in [1.807, 2.05) is 0 Å². The van der Waals surface area contributed by atoms with E-state index in [9.17, 15) is 0 Å². The van der Waals surface area contributed by atoms with Crippen LogP contribution in [0.5, 0.6) is 0 Å². The summed E-state index contributed by atoms with van der Waals surface area (Å²) in [6.45, 7) is 14.1. The summed E-state index contributed by atoms with van der Waals surface area (Å²) < 4.78 is 0. The fraction of sp³-hybridized carbons (Fsp3) is 0.740. The molecule has 3 rings (SSSR count). The van der Waals surface area contributed by atoms with Gasteiger partial charge in [0, 0.05) is 22.3 Å². The van der Waals surface area contributed by atoms with Gasteiger partial charge in [-0.2, -0.15) is 0 Å². The first kappa shape index (κ1) is 70.4. The van der Waals surface area contributed by atoms with Crippen LogP contribution in [0.25, 0.3) is 0 Å². The van der Waals surface area contributed by atoms with Gasteiger partial charge in [-0.05, 0) is 100 Å². The molecule has 0 aliphatic rings. The minimum atomic E-state index is -2.08. The van der Waals surface area contributed by atoms with Crippen molar-refractivity contribution >= 4 is 17.1 Å². The van der Waals surface area contributed by atoms with Gasteiger partial charge in [0.15, 0.2) is 14.7 Å². The predicted octanol–water partition coefficient (Wildman–Crippen LogP) is 23.4. The lowest BCUT2D eigenvalue weighted by Crippen LogP contribution is -2.17. The maximum absolute atomic E-state index is 8.44. The van der Waals surface area contributed by atoms with Crippen molar-refractivity contribution in [2.24, 2.45) is 0 Å². The third kappa shape index (κ3) is 34.9. The Morgan fingerprint density at radius 2 is 0.519 bits per heavy atom. The van der Waals surface area contributed by atoms with E-state index in [4.69, 9.17) is 15.0 Å². The Hall–Kier alpha value is -2.72. The number of rotatable bonds is 51. The maximum Gasteiger partial charge on any atom is 0.249 e. The highest BCUT2D eigenvalue weighted by Gasteiger charge is 2.38. The van der Waals surface area contributed by atoms with E-state index in [2.05, 4.69) is 96.1 Å². The third-order valence-electron chi connectivity index (χ3n) is 16.3. The van der Waals surface area contributed by atoms with Crippen LogP contribution in [-0.2, 0) is 49.4 Å². The summed E-state index contributed by atoms with van der Waals surface area (Å²) in [7, 11) is -0.148. The molecular formula is C73H124O3S. The van der Waals surface area contributed by atoms with Crippen molar-refractivity contribution in [2.45, 2.75) is 364 Å².